The van der Waals surface area contributed by atoms with Crippen molar-refractivity contribution in [3.05, 3.63) is 83.4 Å². The Labute approximate surface area is 158 Å². The molecule has 0 amide bonds. The van der Waals surface area contributed by atoms with Gasteiger partial charge in [0.25, 0.3) is 0 Å². The number of rotatable bonds is 2. The Bertz CT molecular complexity index is 849. The van der Waals surface area contributed by atoms with E-state index in [1.165, 1.54) is 27.8 Å². The summed E-state index contributed by atoms with van der Waals surface area (Å²) in [7, 11) is 9.78. The van der Waals surface area contributed by atoms with E-state index in [9.17, 15) is 5.11 Å². The summed E-state index contributed by atoms with van der Waals surface area (Å²) in [5.41, 5.74) is 8.81. The molecule has 0 heterocycles. The van der Waals surface area contributed by atoms with Gasteiger partial charge in [-0.25, -0.2) is 0 Å². The molecule has 1 aliphatic rings. The average Bonchev–Trinajstić information content (AvgIpc) is 3.01. The summed E-state index contributed by atoms with van der Waals surface area (Å²) >= 11 is -0.556. The number of fused-ring (bicyclic) bond motifs is 3. The van der Waals surface area contributed by atoms with Gasteiger partial charge in [0, 0.05) is 0 Å². The maximum absolute atomic E-state index is 9.60. The quantitative estimate of drug-likeness (QED) is 0.429. The number of benzene rings is 3. The minimum absolute atomic E-state index is 0.0762. The van der Waals surface area contributed by atoms with Gasteiger partial charge in [-0.3, -0.25) is 0 Å². The molecule has 1 aliphatic carbocycles. The summed E-state index contributed by atoms with van der Waals surface area (Å²) in [6.07, 6.45) is 0.974. The van der Waals surface area contributed by atoms with E-state index >= 15 is 0 Å². The van der Waals surface area contributed by atoms with Crippen LogP contribution in [0.4, 0.5) is 0 Å². The van der Waals surface area contributed by atoms with Crippen LogP contribution in [0.3, 0.4) is 0 Å². The third-order valence-corrected chi connectivity index (χ3v) is 4.33. The van der Waals surface area contributed by atoms with E-state index in [0.717, 1.165) is 17.5 Å². The van der Waals surface area contributed by atoms with Crippen molar-refractivity contribution in [2.45, 2.75) is 13.0 Å². The molecule has 0 radical (unpaired) electrons. The summed E-state index contributed by atoms with van der Waals surface area (Å²) in [6, 6.07) is 23.2. The summed E-state index contributed by atoms with van der Waals surface area (Å²) in [4.78, 5) is 0. The van der Waals surface area contributed by atoms with Gasteiger partial charge >= 0.3 is 35.6 Å². The zero-order valence-electron chi connectivity index (χ0n) is 13.0. The molecule has 0 fully saturated rings. The molecule has 3 aromatic rings. The first-order valence-corrected chi connectivity index (χ1v) is 12.0. The molecule has 0 aromatic heterocycles. The molecule has 0 saturated heterocycles. The second kappa shape index (κ2) is 8.33. The fraction of sp³-hybridized carbons (Fsp3) is 0.100. The molecule has 1 nitrogen and oxygen atoms in total. The third kappa shape index (κ3) is 3.47. The van der Waals surface area contributed by atoms with Gasteiger partial charge in [-0.1, -0.05) is 66.7 Å². The molecule has 120 valence electrons. The van der Waals surface area contributed by atoms with Crippen LogP contribution in [-0.4, -0.2) is 5.11 Å². The maximum atomic E-state index is 9.60. The first-order chi connectivity index (χ1) is 11.8. The van der Waals surface area contributed by atoms with E-state index in [4.69, 9.17) is 18.6 Å². The van der Waals surface area contributed by atoms with Crippen LogP contribution in [-0.2, 0) is 30.1 Å². The predicted molar refractivity (Wildman–Crippen MR) is 97.7 cm³/mol. The van der Waals surface area contributed by atoms with Crippen molar-refractivity contribution >= 4 is 18.6 Å². The molecular weight excluding hydrogens is 375 g/mol. The molecule has 0 saturated carbocycles. The van der Waals surface area contributed by atoms with E-state index in [2.05, 4.69) is 48.5 Å². The van der Waals surface area contributed by atoms with Gasteiger partial charge in [0.2, 0.25) is 0 Å². The molecule has 0 atom stereocenters. The Morgan fingerprint density at radius 1 is 0.750 bits per heavy atom. The van der Waals surface area contributed by atoms with Crippen LogP contribution in [0.1, 0.15) is 16.7 Å². The first kappa shape index (κ1) is 17.7. The van der Waals surface area contributed by atoms with Gasteiger partial charge in [-0.15, -0.1) is 0 Å². The van der Waals surface area contributed by atoms with Crippen LogP contribution in [0.5, 0.6) is 0 Å². The Morgan fingerprint density at radius 2 is 1.29 bits per heavy atom. The van der Waals surface area contributed by atoms with Crippen LogP contribution >= 0.6 is 18.6 Å². The molecule has 24 heavy (non-hydrogen) atoms. The molecule has 0 aliphatic heterocycles. The number of aliphatic hydroxyl groups is 1. The van der Waals surface area contributed by atoms with Gasteiger partial charge in [0.15, 0.2) is 0 Å². The number of halogens is 2. The predicted octanol–water partition coefficient (Wildman–Crippen LogP) is 5.79. The van der Waals surface area contributed by atoms with Crippen LogP contribution in [0.25, 0.3) is 22.3 Å². The third-order valence-electron chi connectivity index (χ3n) is 4.33. The second-order valence-corrected chi connectivity index (χ2v) is 8.13. The molecule has 0 spiro atoms. The minimum atomic E-state index is -0.556. The van der Waals surface area contributed by atoms with Crippen LogP contribution < -0.4 is 0 Å². The van der Waals surface area contributed by atoms with Crippen LogP contribution in [0.2, 0.25) is 0 Å². The van der Waals surface area contributed by atoms with Gasteiger partial charge in [-0.05, 0) is 45.4 Å². The number of hydrogen-bond donors (Lipinski definition) is 1. The Kier molecular flexibility index (Phi) is 6.16. The van der Waals surface area contributed by atoms with Crippen molar-refractivity contribution in [2.75, 3.05) is 0 Å². The Morgan fingerprint density at radius 3 is 2.00 bits per heavy atom. The molecule has 0 unspecified atom stereocenters. The summed E-state index contributed by atoms with van der Waals surface area (Å²) in [6.45, 7) is 0.0762. The van der Waals surface area contributed by atoms with Crippen molar-refractivity contribution in [3.63, 3.8) is 0 Å². The van der Waals surface area contributed by atoms with Crippen LogP contribution in [0, 0.1) is 0 Å². The Hall–Kier alpha value is -1.09. The zero-order chi connectivity index (χ0) is 16.9. The van der Waals surface area contributed by atoms with Gasteiger partial charge in [0.05, 0.1) is 6.61 Å². The Balaban J connectivity index is 0.000000526. The van der Waals surface area contributed by atoms with Crippen LogP contribution in [0.15, 0.2) is 66.7 Å². The van der Waals surface area contributed by atoms with Crippen molar-refractivity contribution < 1.29 is 22.1 Å². The van der Waals surface area contributed by atoms with Crippen molar-refractivity contribution in [2.24, 2.45) is 0 Å². The topological polar surface area (TPSA) is 20.2 Å². The monoisotopic (exact) mass is 390 g/mol. The molecular formula is C20H16Cl2OTi. The average molecular weight is 391 g/mol. The second-order valence-electron chi connectivity index (χ2n) is 5.55. The van der Waals surface area contributed by atoms with E-state index in [0.29, 0.717) is 0 Å². The number of hydrogen-bond acceptors (Lipinski definition) is 1. The fourth-order valence-electron chi connectivity index (χ4n) is 3.33. The summed E-state index contributed by atoms with van der Waals surface area (Å²) < 4.78 is 0. The molecule has 4 heteroatoms. The van der Waals surface area contributed by atoms with E-state index in [1.807, 2.05) is 18.2 Å². The summed E-state index contributed by atoms with van der Waals surface area (Å²) in [5, 5.41) is 9.60. The van der Waals surface area contributed by atoms with Crippen molar-refractivity contribution in [3.8, 4) is 22.3 Å². The summed E-state index contributed by atoms with van der Waals surface area (Å²) in [5.74, 6) is 0. The standard InChI is InChI=1S/C20H16O.2ClH.Ti/c21-13-15-7-2-4-9-17(15)19-11-5-10-18-16-8-3-1-6-14(16)12-20(18)19;;;/h1-11,21H,12-13H2;2*1H;/q;;;+2/p-2. The van der Waals surface area contributed by atoms with Crippen molar-refractivity contribution in [1.29, 1.82) is 0 Å². The molecule has 1 N–H and O–H groups in total. The van der Waals surface area contributed by atoms with E-state index in [1.54, 1.807) is 0 Å². The normalized spacial score (nSPS) is 11.1. The van der Waals surface area contributed by atoms with Gasteiger partial charge in [0.1, 0.15) is 0 Å². The van der Waals surface area contributed by atoms with E-state index < -0.39 is 17.0 Å². The van der Waals surface area contributed by atoms with E-state index in [-0.39, 0.29) is 6.61 Å². The molecule has 4 rings (SSSR count). The molecule has 0 bridgehead atoms. The molecule has 3 aromatic carbocycles. The first-order valence-electron chi connectivity index (χ1n) is 7.65. The number of aliphatic hydroxyl groups excluding tert-OH is 1. The van der Waals surface area contributed by atoms with Gasteiger partial charge < -0.3 is 5.11 Å². The SMILES string of the molecule is OCc1ccccc1-c1cccc2c1Cc1ccccc1-2.[Cl][Ti][Cl]. The zero-order valence-corrected chi connectivity index (χ0v) is 16.0. The fourth-order valence-corrected chi connectivity index (χ4v) is 3.33. The van der Waals surface area contributed by atoms with Gasteiger partial charge in [-0.2, -0.15) is 0 Å². The van der Waals surface area contributed by atoms with Crippen molar-refractivity contribution in [1.82, 2.24) is 0 Å².